The maximum atomic E-state index is 13.9. The van der Waals surface area contributed by atoms with Gasteiger partial charge >= 0.3 is 0 Å². The Balaban J connectivity index is 1.15. The van der Waals surface area contributed by atoms with Crippen molar-refractivity contribution < 1.29 is 14.4 Å². The minimum atomic E-state index is -0.596. The lowest BCUT2D eigenvalue weighted by Crippen LogP contribution is -2.30. The Labute approximate surface area is 297 Å². The first-order valence-corrected chi connectivity index (χ1v) is 17.5. The molecule has 0 aliphatic carbocycles. The summed E-state index contributed by atoms with van der Waals surface area (Å²) in [7, 11) is 0. The van der Waals surface area contributed by atoms with Crippen molar-refractivity contribution in [1.82, 2.24) is 10.3 Å². The van der Waals surface area contributed by atoms with E-state index < -0.39 is 17.1 Å². The normalized spacial score (nSPS) is 12.0. The zero-order valence-electron chi connectivity index (χ0n) is 26.6. The van der Waals surface area contributed by atoms with Crippen LogP contribution in [0, 0.1) is 0 Å². The van der Waals surface area contributed by atoms with Gasteiger partial charge in [-0.2, -0.15) is 0 Å². The van der Waals surface area contributed by atoms with E-state index in [0.717, 1.165) is 37.0 Å². The monoisotopic (exact) mass is 690 g/mol. The molecule has 6 aromatic carbocycles. The van der Waals surface area contributed by atoms with Crippen molar-refractivity contribution in [3.05, 3.63) is 174 Å². The van der Waals surface area contributed by atoms with Crippen LogP contribution in [0.15, 0.2) is 162 Å². The number of hydrogen-bond acceptors (Lipinski definition) is 6. The number of anilines is 2. The molecule has 1 aromatic heterocycles. The van der Waals surface area contributed by atoms with Gasteiger partial charge in [0.1, 0.15) is 10.9 Å². The number of fused-ring (bicyclic) bond motifs is 2. The van der Waals surface area contributed by atoms with Crippen LogP contribution in [0.5, 0.6) is 0 Å². The van der Waals surface area contributed by atoms with Crippen molar-refractivity contribution in [2.45, 2.75) is 10.1 Å². The fourth-order valence-electron chi connectivity index (χ4n) is 5.45. The zero-order valence-corrected chi connectivity index (χ0v) is 28.2. The lowest BCUT2D eigenvalue weighted by molar-refractivity contribution is -0.116. The quantitative estimate of drug-likeness (QED) is 0.0981. The number of nitrogens with zero attached hydrogens (tertiary/aromatic N) is 1. The second kappa shape index (κ2) is 15.0. The molecule has 0 saturated heterocycles. The van der Waals surface area contributed by atoms with Gasteiger partial charge in [-0.25, -0.2) is 4.98 Å². The van der Waals surface area contributed by atoms with E-state index in [0.29, 0.717) is 16.4 Å². The Morgan fingerprint density at radius 2 is 1.40 bits per heavy atom. The Morgan fingerprint density at radius 1 is 0.700 bits per heavy atom. The predicted octanol–water partition coefficient (Wildman–Crippen LogP) is 9.33. The molecule has 0 bridgehead atoms. The molecule has 0 radical (unpaired) electrons. The number of carbonyl (C=O) groups is 3. The first-order valence-electron chi connectivity index (χ1n) is 15.9. The minimum Gasteiger partial charge on any atom is -0.321 e. The van der Waals surface area contributed by atoms with Crippen LogP contribution >= 0.6 is 23.1 Å². The molecule has 7 rings (SSSR count). The molecule has 1 atom stereocenters. The highest BCUT2D eigenvalue weighted by Crippen LogP contribution is 2.38. The molecule has 0 aliphatic rings. The molecule has 0 aliphatic heterocycles. The number of benzene rings is 6. The number of nitrogens with one attached hydrogen (secondary N) is 3. The fourth-order valence-corrected chi connectivity index (χ4v) is 7.41. The molecule has 1 heterocycles. The largest absolute Gasteiger partial charge is 0.321 e. The van der Waals surface area contributed by atoms with Gasteiger partial charge in [0, 0.05) is 16.1 Å². The van der Waals surface area contributed by atoms with E-state index >= 15 is 0 Å². The van der Waals surface area contributed by atoms with Gasteiger partial charge in [0.2, 0.25) is 5.91 Å². The Morgan fingerprint density at radius 3 is 2.22 bits per heavy atom. The highest BCUT2D eigenvalue weighted by atomic mass is 32.2. The summed E-state index contributed by atoms with van der Waals surface area (Å²) in [5, 5.41) is 10.7. The third kappa shape index (κ3) is 7.65. The highest BCUT2D eigenvalue weighted by molar-refractivity contribution is 8.00. The van der Waals surface area contributed by atoms with Gasteiger partial charge in [-0.1, -0.05) is 121 Å². The second-order valence-electron chi connectivity index (χ2n) is 11.3. The molecule has 244 valence electrons. The van der Waals surface area contributed by atoms with Crippen LogP contribution in [-0.2, 0) is 9.59 Å². The molecule has 0 fully saturated rings. The van der Waals surface area contributed by atoms with Crippen molar-refractivity contribution in [1.29, 1.82) is 0 Å². The molecule has 3 N–H and O–H groups in total. The van der Waals surface area contributed by atoms with E-state index in [-0.39, 0.29) is 11.6 Å². The maximum Gasteiger partial charge on any atom is 0.272 e. The van der Waals surface area contributed by atoms with Crippen molar-refractivity contribution in [3.63, 3.8) is 0 Å². The van der Waals surface area contributed by atoms with Gasteiger partial charge in [0.15, 0.2) is 5.13 Å². The summed E-state index contributed by atoms with van der Waals surface area (Å²) in [4.78, 5) is 46.2. The highest BCUT2D eigenvalue weighted by Gasteiger charge is 2.24. The fraction of sp³-hybridized carbons (Fsp3) is 0.0244. The number of rotatable bonds is 10. The summed E-state index contributed by atoms with van der Waals surface area (Å²) in [6, 6.07) is 47.1. The number of thiazole rings is 1. The van der Waals surface area contributed by atoms with E-state index in [1.54, 1.807) is 36.4 Å². The van der Waals surface area contributed by atoms with Crippen molar-refractivity contribution in [3.8, 4) is 0 Å². The van der Waals surface area contributed by atoms with Gasteiger partial charge in [-0.05, 0) is 70.4 Å². The smallest absolute Gasteiger partial charge is 0.272 e. The lowest BCUT2D eigenvalue weighted by Gasteiger charge is -2.17. The molecule has 50 heavy (non-hydrogen) atoms. The Bertz CT molecular complexity index is 2320. The molecule has 3 amide bonds. The van der Waals surface area contributed by atoms with E-state index in [1.165, 1.54) is 23.1 Å². The summed E-state index contributed by atoms with van der Waals surface area (Å²) in [6.45, 7) is 0. The number of thioether (sulfide) groups is 1. The van der Waals surface area contributed by atoms with Crippen LogP contribution in [0.25, 0.3) is 27.1 Å². The number of para-hydroxylation sites is 1. The second-order valence-corrected chi connectivity index (χ2v) is 13.5. The van der Waals surface area contributed by atoms with Gasteiger partial charge in [-0.15, -0.1) is 11.8 Å². The molecule has 0 saturated carbocycles. The molecule has 0 spiro atoms. The first-order chi connectivity index (χ1) is 24.5. The summed E-state index contributed by atoms with van der Waals surface area (Å²) in [6.07, 6.45) is 1.69. The topological polar surface area (TPSA) is 100 Å². The van der Waals surface area contributed by atoms with E-state index in [9.17, 15) is 14.4 Å². The standard InChI is InChI=1S/C41H30N4O3S2/c46-38(29-16-5-2-6-17-29)43-35(25-30-19-11-18-27-13-7-8-22-33(27)30)39(47)42-31-20-12-21-32(26-31)49-37(28-14-3-1-4-15-28)40(48)45-41-44-34-23-9-10-24-36(34)50-41/h1-26,37H,(H,42,47)(H,43,46)(H,44,45,48)/b35-25+. The van der Waals surface area contributed by atoms with Crippen LogP contribution < -0.4 is 16.0 Å². The number of carbonyl (C=O) groups excluding carboxylic acids is 3. The van der Waals surface area contributed by atoms with Crippen LogP contribution in [-0.4, -0.2) is 22.7 Å². The summed E-state index contributed by atoms with van der Waals surface area (Å²) < 4.78 is 0.990. The molecule has 9 heteroatoms. The Kier molecular flexibility index (Phi) is 9.77. The van der Waals surface area contributed by atoms with Gasteiger partial charge in [0.25, 0.3) is 11.8 Å². The zero-order chi connectivity index (χ0) is 34.3. The number of amides is 3. The SMILES string of the molecule is O=C(Nc1cccc(SC(C(=O)Nc2nc3ccccc3s2)c2ccccc2)c1)/C(=C\c1cccc2ccccc12)NC(=O)c1ccccc1. The van der Waals surface area contributed by atoms with E-state index in [2.05, 4.69) is 20.9 Å². The third-order valence-corrected chi connectivity index (χ3v) is 10.1. The molecule has 1 unspecified atom stereocenters. The summed E-state index contributed by atoms with van der Waals surface area (Å²) in [5.74, 6) is -1.10. The van der Waals surface area contributed by atoms with Gasteiger partial charge < -0.3 is 16.0 Å². The third-order valence-electron chi connectivity index (χ3n) is 7.86. The van der Waals surface area contributed by atoms with Crippen LogP contribution in [0.2, 0.25) is 0 Å². The molecular weight excluding hydrogens is 661 g/mol. The van der Waals surface area contributed by atoms with Gasteiger partial charge in [0.05, 0.1) is 10.2 Å². The van der Waals surface area contributed by atoms with E-state index in [4.69, 9.17) is 0 Å². The average molecular weight is 691 g/mol. The minimum absolute atomic E-state index is 0.0886. The molecule has 7 nitrogen and oxygen atoms in total. The van der Waals surface area contributed by atoms with Crippen molar-refractivity contribution in [2.75, 3.05) is 10.6 Å². The lowest BCUT2D eigenvalue weighted by atomic mass is 10.0. The van der Waals surface area contributed by atoms with Crippen LogP contribution in [0.1, 0.15) is 26.7 Å². The summed E-state index contributed by atoms with van der Waals surface area (Å²) in [5.41, 5.74) is 3.47. The number of hydrogen-bond donors (Lipinski definition) is 3. The first kappa shape index (κ1) is 32.5. The van der Waals surface area contributed by atoms with Crippen molar-refractivity contribution in [2.24, 2.45) is 0 Å². The number of aromatic nitrogens is 1. The average Bonchev–Trinajstić information content (AvgIpc) is 3.57. The molecule has 7 aromatic rings. The van der Waals surface area contributed by atoms with E-state index in [1.807, 2.05) is 121 Å². The van der Waals surface area contributed by atoms with Gasteiger partial charge in [-0.3, -0.25) is 14.4 Å². The van der Waals surface area contributed by atoms with Crippen molar-refractivity contribution >= 4 is 78.7 Å². The van der Waals surface area contributed by atoms with Crippen LogP contribution in [0.4, 0.5) is 10.8 Å². The maximum absolute atomic E-state index is 13.9. The Hall–Kier alpha value is -6.03. The molecular formula is C41H30N4O3S2. The van der Waals surface area contributed by atoms with Crippen LogP contribution in [0.3, 0.4) is 0 Å². The predicted molar refractivity (Wildman–Crippen MR) is 204 cm³/mol. The summed E-state index contributed by atoms with van der Waals surface area (Å²) >= 11 is 2.79.